The van der Waals surface area contributed by atoms with Gasteiger partial charge in [0.05, 0.1) is 16.0 Å². The molecule has 0 radical (unpaired) electrons. The van der Waals surface area contributed by atoms with Crippen LogP contribution in [0.25, 0.3) is 0 Å². The third-order valence-electron chi connectivity index (χ3n) is 1.99. The molecule has 0 N–H and O–H groups in total. The molecule has 0 fully saturated rings. The Bertz CT molecular complexity index is 520. The van der Waals surface area contributed by atoms with Crippen LogP contribution in [0.2, 0.25) is 0 Å². The summed E-state index contributed by atoms with van der Waals surface area (Å²) >= 11 is 10.2. The van der Waals surface area contributed by atoms with Gasteiger partial charge in [0, 0.05) is 11.4 Å². The van der Waals surface area contributed by atoms with Crippen molar-refractivity contribution in [3.8, 4) is 5.75 Å². The number of nitrogens with zero attached hydrogens (tertiary/aromatic N) is 1. The summed E-state index contributed by atoms with van der Waals surface area (Å²) < 4.78 is 19.1. The largest absolute Gasteiger partial charge is 0.486 e. The van der Waals surface area contributed by atoms with Crippen LogP contribution in [0, 0.1) is 5.82 Å². The van der Waals surface area contributed by atoms with Crippen molar-refractivity contribution >= 4 is 38.9 Å². The molecule has 6 heteroatoms. The molecule has 1 heterocycles. The lowest BCUT2D eigenvalue weighted by atomic mass is 10.3. The molecule has 0 saturated carbocycles. The molecular weight excluding hydrogens is 329 g/mol. The minimum atomic E-state index is -0.344. The lowest BCUT2D eigenvalue weighted by Crippen LogP contribution is -1.95. The Kier molecular flexibility index (Phi) is 4.36. The zero-order valence-electron chi connectivity index (χ0n) is 8.62. The van der Waals surface area contributed by atoms with Crippen LogP contribution in [0.1, 0.15) is 10.7 Å². The Morgan fingerprint density at radius 1 is 1.47 bits per heavy atom. The number of rotatable bonds is 4. The van der Waals surface area contributed by atoms with E-state index in [9.17, 15) is 4.39 Å². The summed E-state index contributed by atoms with van der Waals surface area (Å²) in [6, 6.07) is 4.64. The Morgan fingerprint density at radius 2 is 2.29 bits per heavy atom. The molecule has 2 aromatic rings. The van der Waals surface area contributed by atoms with Gasteiger partial charge in [0.15, 0.2) is 0 Å². The predicted octanol–water partition coefficient (Wildman–Crippen LogP) is 4.36. The van der Waals surface area contributed by atoms with E-state index in [0.717, 1.165) is 10.7 Å². The van der Waals surface area contributed by atoms with Gasteiger partial charge < -0.3 is 4.74 Å². The number of hydrogen-bond acceptors (Lipinski definition) is 3. The molecule has 0 aliphatic heterocycles. The molecule has 0 atom stereocenters. The molecule has 0 aliphatic carbocycles. The van der Waals surface area contributed by atoms with Crippen molar-refractivity contribution in [2.45, 2.75) is 12.5 Å². The molecule has 90 valence electrons. The van der Waals surface area contributed by atoms with Crippen molar-refractivity contribution in [3.63, 3.8) is 0 Å². The highest BCUT2D eigenvalue weighted by atomic mass is 79.9. The van der Waals surface area contributed by atoms with Gasteiger partial charge in [-0.15, -0.1) is 22.9 Å². The highest BCUT2D eigenvalue weighted by Crippen LogP contribution is 2.22. The first-order chi connectivity index (χ1) is 8.19. The van der Waals surface area contributed by atoms with E-state index >= 15 is 0 Å². The van der Waals surface area contributed by atoms with E-state index < -0.39 is 0 Å². The first-order valence-corrected chi connectivity index (χ1v) is 6.97. The van der Waals surface area contributed by atoms with E-state index in [1.165, 1.54) is 17.4 Å². The van der Waals surface area contributed by atoms with Crippen LogP contribution in [0.3, 0.4) is 0 Å². The SMILES string of the molecule is Fc1cc(OCc2nc(CCl)cs2)ccc1Br. The summed E-state index contributed by atoms with van der Waals surface area (Å²) in [6.07, 6.45) is 0. The van der Waals surface area contributed by atoms with Crippen LogP contribution in [-0.4, -0.2) is 4.98 Å². The number of benzene rings is 1. The third kappa shape index (κ3) is 3.40. The first kappa shape index (κ1) is 12.8. The number of ether oxygens (including phenoxy) is 1. The molecule has 0 unspecified atom stereocenters. The van der Waals surface area contributed by atoms with Crippen LogP contribution in [0.15, 0.2) is 28.1 Å². The van der Waals surface area contributed by atoms with Crippen molar-refractivity contribution in [2.75, 3.05) is 0 Å². The number of aromatic nitrogens is 1. The molecule has 0 bridgehead atoms. The number of thiazole rings is 1. The molecule has 0 amide bonds. The molecule has 1 aromatic heterocycles. The van der Waals surface area contributed by atoms with Crippen molar-refractivity contribution in [3.05, 3.63) is 44.6 Å². The number of halogens is 3. The normalized spacial score (nSPS) is 10.5. The Morgan fingerprint density at radius 3 is 2.94 bits per heavy atom. The van der Waals surface area contributed by atoms with Crippen molar-refractivity contribution in [2.24, 2.45) is 0 Å². The lowest BCUT2D eigenvalue weighted by Gasteiger charge is -2.04. The van der Waals surface area contributed by atoms with Gasteiger partial charge in [-0.05, 0) is 28.1 Å². The fourth-order valence-electron chi connectivity index (χ4n) is 1.19. The van der Waals surface area contributed by atoms with Crippen molar-refractivity contribution < 1.29 is 9.13 Å². The van der Waals surface area contributed by atoms with Gasteiger partial charge in [-0.3, -0.25) is 0 Å². The summed E-state index contributed by atoms with van der Waals surface area (Å²) in [5.41, 5.74) is 0.831. The van der Waals surface area contributed by atoms with Gasteiger partial charge in [0.1, 0.15) is 23.2 Å². The molecule has 0 spiro atoms. The summed E-state index contributed by atoms with van der Waals surface area (Å²) in [6.45, 7) is 0.322. The van der Waals surface area contributed by atoms with E-state index in [0.29, 0.717) is 22.7 Å². The fraction of sp³-hybridized carbons (Fsp3) is 0.182. The van der Waals surface area contributed by atoms with Crippen LogP contribution >= 0.6 is 38.9 Å². The second-order valence-corrected chi connectivity index (χ2v) is 5.30. The second-order valence-electron chi connectivity index (χ2n) is 3.23. The molecule has 1 aromatic carbocycles. The van der Waals surface area contributed by atoms with Crippen LogP contribution in [0.5, 0.6) is 5.75 Å². The van der Waals surface area contributed by atoms with Crippen LogP contribution < -0.4 is 4.74 Å². The standard InChI is InChI=1S/C11H8BrClFNOS/c12-9-2-1-8(3-10(9)14)16-5-11-15-7(4-13)6-17-11/h1-3,6H,4-5H2. The van der Waals surface area contributed by atoms with Gasteiger partial charge in [-0.25, -0.2) is 9.37 Å². The minimum absolute atomic E-state index is 0.322. The topological polar surface area (TPSA) is 22.1 Å². The van der Waals surface area contributed by atoms with Gasteiger partial charge in [-0.2, -0.15) is 0 Å². The molecule has 0 aliphatic rings. The number of hydrogen-bond donors (Lipinski definition) is 0. The Labute approximate surface area is 116 Å². The lowest BCUT2D eigenvalue weighted by molar-refractivity contribution is 0.303. The van der Waals surface area contributed by atoms with Crippen molar-refractivity contribution in [1.29, 1.82) is 0 Å². The van der Waals surface area contributed by atoms with Gasteiger partial charge in [0.2, 0.25) is 0 Å². The van der Waals surface area contributed by atoms with Crippen LogP contribution in [0.4, 0.5) is 4.39 Å². The van der Waals surface area contributed by atoms with E-state index in [4.69, 9.17) is 16.3 Å². The van der Waals surface area contributed by atoms with Gasteiger partial charge >= 0.3 is 0 Å². The molecular formula is C11H8BrClFNOS. The average Bonchev–Trinajstić information content (AvgIpc) is 2.79. The zero-order chi connectivity index (χ0) is 12.3. The molecule has 2 rings (SSSR count). The first-order valence-electron chi connectivity index (χ1n) is 4.76. The van der Waals surface area contributed by atoms with E-state index in [-0.39, 0.29) is 5.82 Å². The maximum absolute atomic E-state index is 13.2. The third-order valence-corrected chi connectivity index (χ3v) is 3.78. The van der Waals surface area contributed by atoms with Crippen LogP contribution in [-0.2, 0) is 12.5 Å². The minimum Gasteiger partial charge on any atom is -0.486 e. The highest BCUT2D eigenvalue weighted by molar-refractivity contribution is 9.10. The average molecular weight is 337 g/mol. The molecule has 0 saturated heterocycles. The molecule has 2 nitrogen and oxygen atoms in total. The maximum Gasteiger partial charge on any atom is 0.141 e. The van der Waals surface area contributed by atoms with E-state index in [2.05, 4.69) is 20.9 Å². The summed E-state index contributed by atoms with van der Waals surface area (Å²) in [7, 11) is 0. The van der Waals surface area contributed by atoms with E-state index in [1.54, 1.807) is 12.1 Å². The summed E-state index contributed by atoms with van der Waals surface area (Å²) in [5, 5.41) is 2.71. The zero-order valence-corrected chi connectivity index (χ0v) is 11.8. The van der Waals surface area contributed by atoms with E-state index in [1.807, 2.05) is 5.38 Å². The number of alkyl halides is 1. The Hall–Kier alpha value is -0.650. The van der Waals surface area contributed by atoms with Crippen molar-refractivity contribution in [1.82, 2.24) is 4.98 Å². The van der Waals surface area contributed by atoms with Gasteiger partial charge in [-0.1, -0.05) is 0 Å². The summed E-state index contributed by atoms with van der Waals surface area (Å²) in [4.78, 5) is 4.24. The Balaban J connectivity index is 1.99. The fourth-order valence-corrected chi connectivity index (χ4v) is 2.37. The smallest absolute Gasteiger partial charge is 0.141 e. The quantitative estimate of drug-likeness (QED) is 0.774. The highest BCUT2D eigenvalue weighted by Gasteiger charge is 2.04. The maximum atomic E-state index is 13.2. The second kappa shape index (κ2) is 5.80. The predicted molar refractivity (Wildman–Crippen MR) is 70.1 cm³/mol. The monoisotopic (exact) mass is 335 g/mol. The summed E-state index contributed by atoms with van der Waals surface area (Å²) in [5.74, 6) is 0.528. The molecule has 17 heavy (non-hydrogen) atoms. The van der Waals surface area contributed by atoms with Gasteiger partial charge in [0.25, 0.3) is 0 Å².